The van der Waals surface area contributed by atoms with Crippen molar-refractivity contribution >= 4 is 39.2 Å². The summed E-state index contributed by atoms with van der Waals surface area (Å²) in [5.74, 6) is -1.49. The Morgan fingerprint density at radius 2 is 1.78 bits per heavy atom. The highest BCUT2D eigenvalue weighted by atomic mass is 35.5. The summed E-state index contributed by atoms with van der Waals surface area (Å²) in [5, 5.41) is 17.6. The molecule has 0 aliphatic heterocycles. The number of halogens is 2. The Morgan fingerprint density at radius 3 is 2.17 bits per heavy atom. The minimum absolute atomic E-state index is 0.0961. The van der Waals surface area contributed by atoms with E-state index in [0.717, 1.165) is 12.1 Å². The Balaban J connectivity index is 3.10. The molecule has 1 aromatic rings. The number of aliphatic carboxylic acids is 1. The third-order valence-electron chi connectivity index (χ3n) is 1.92. The molecule has 0 saturated carbocycles. The van der Waals surface area contributed by atoms with E-state index >= 15 is 0 Å². The summed E-state index contributed by atoms with van der Waals surface area (Å²) in [7, 11) is -4.12. The van der Waals surface area contributed by atoms with Gasteiger partial charge in [-0.1, -0.05) is 23.2 Å². The number of nitrogens with one attached hydrogen (secondary N) is 1. The molecule has 9 heteroatoms. The van der Waals surface area contributed by atoms with Crippen molar-refractivity contribution in [2.75, 3.05) is 6.61 Å². The number of carbonyl (C=O) groups is 1. The molecule has 0 aliphatic carbocycles. The average molecular weight is 314 g/mol. The number of aliphatic hydroxyl groups excluding tert-OH is 1. The summed E-state index contributed by atoms with van der Waals surface area (Å²) in [6.45, 7) is -0.872. The van der Waals surface area contributed by atoms with Crippen LogP contribution < -0.4 is 4.72 Å². The highest BCUT2D eigenvalue weighted by Crippen LogP contribution is 2.22. The first kappa shape index (κ1) is 15.2. The second-order valence-corrected chi connectivity index (χ2v) is 5.89. The van der Waals surface area contributed by atoms with Gasteiger partial charge in [-0.3, -0.25) is 4.79 Å². The Bertz CT molecular complexity index is 540. The van der Waals surface area contributed by atoms with Gasteiger partial charge in [-0.05, 0) is 18.2 Å². The number of carboxylic acids is 1. The Morgan fingerprint density at radius 1 is 1.28 bits per heavy atom. The van der Waals surface area contributed by atoms with E-state index in [2.05, 4.69) is 0 Å². The molecule has 0 spiro atoms. The molecule has 1 aromatic carbocycles. The number of hydrogen-bond donors (Lipinski definition) is 3. The van der Waals surface area contributed by atoms with Crippen molar-refractivity contribution in [3.63, 3.8) is 0 Å². The van der Waals surface area contributed by atoms with Gasteiger partial charge in [0, 0.05) is 10.0 Å². The molecule has 0 bridgehead atoms. The van der Waals surface area contributed by atoms with Crippen molar-refractivity contribution in [3.8, 4) is 0 Å². The van der Waals surface area contributed by atoms with Gasteiger partial charge in [0.1, 0.15) is 6.04 Å². The maximum Gasteiger partial charge on any atom is 0.324 e. The largest absolute Gasteiger partial charge is 0.480 e. The standard InChI is InChI=1S/C9H9Cl2NO5S/c10-5-1-6(11)3-7(2-5)18(16,17)12-8(4-13)9(14)15/h1-3,8,12-13H,4H2,(H,14,15)/t8-/m0/s1. The van der Waals surface area contributed by atoms with Crippen LogP contribution >= 0.6 is 23.2 Å². The molecule has 0 heterocycles. The van der Waals surface area contributed by atoms with Crippen LogP contribution in [0.5, 0.6) is 0 Å². The summed E-state index contributed by atoms with van der Waals surface area (Å²) in [5.41, 5.74) is 0. The Labute approximate surface area is 113 Å². The van der Waals surface area contributed by atoms with E-state index in [1.54, 1.807) is 0 Å². The third kappa shape index (κ3) is 3.82. The summed E-state index contributed by atoms with van der Waals surface area (Å²) < 4.78 is 25.4. The number of rotatable bonds is 5. The minimum atomic E-state index is -4.12. The number of sulfonamides is 1. The van der Waals surface area contributed by atoms with Crippen LogP contribution in [0.25, 0.3) is 0 Å². The molecule has 6 nitrogen and oxygen atoms in total. The Kier molecular flexibility index (Phi) is 4.94. The molecule has 100 valence electrons. The van der Waals surface area contributed by atoms with Crippen LogP contribution in [0.2, 0.25) is 10.0 Å². The SMILES string of the molecule is O=C(O)[C@H](CO)NS(=O)(=O)c1cc(Cl)cc(Cl)c1. The van der Waals surface area contributed by atoms with Crippen molar-refractivity contribution in [1.82, 2.24) is 4.72 Å². The summed E-state index contributed by atoms with van der Waals surface area (Å²) in [6, 6.07) is 1.94. The van der Waals surface area contributed by atoms with Gasteiger partial charge in [0.25, 0.3) is 0 Å². The zero-order valence-electron chi connectivity index (χ0n) is 8.80. The molecular formula is C9H9Cl2NO5S. The maximum atomic E-state index is 11.8. The molecule has 0 amide bonds. The van der Waals surface area contributed by atoms with Crippen molar-refractivity contribution < 1.29 is 23.4 Å². The van der Waals surface area contributed by atoms with Gasteiger partial charge in [0.05, 0.1) is 11.5 Å². The van der Waals surface area contributed by atoms with Gasteiger partial charge in [-0.2, -0.15) is 4.72 Å². The quantitative estimate of drug-likeness (QED) is 0.743. The molecular weight excluding hydrogens is 305 g/mol. The van der Waals surface area contributed by atoms with Crippen LogP contribution in [0.15, 0.2) is 23.1 Å². The predicted octanol–water partition coefficient (Wildman–Crippen LogP) is 0.717. The molecule has 3 N–H and O–H groups in total. The monoisotopic (exact) mass is 313 g/mol. The van der Waals surface area contributed by atoms with Gasteiger partial charge in [0.2, 0.25) is 10.0 Å². The lowest BCUT2D eigenvalue weighted by atomic mass is 10.3. The predicted molar refractivity (Wildman–Crippen MR) is 65.3 cm³/mol. The lowest BCUT2D eigenvalue weighted by Crippen LogP contribution is -2.43. The lowest BCUT2D eigenvalue weighted by Gasteiger charge is -2.12. The summed E-state index contributed by atoms with van der Waals surface area (Å²) >= 11 is 11.3. The smallest absolute Gasteiger partial charge is 0.324 e. The van der Waals surface area contributed by atoms with Gasteiger partial charge >= 0.3 is 5.97 Å². The van der Waals surface area contributed by atoms with Crippen LogP contribution in [0.1, 0.15) is 0 Å². The number of benzene rings is 1. The molecule has 1 atom stereocenters. The van der Waals surface area contributed by atoms with E-state index in [0.29, 0.717) is 0 Å². The van der Waals surface area contributed by atoms with E-state index < -0.39 is 28.6 Å². The average Bonchev–Trinajstić information content (AvgIpc) is 2.24. The highest BCUT2D eigenvalue weighted by molar-refractivity contribution is 7.89. The van der Waals surface area contributed by atoms with Crippen molar-refractivity contribution in [2.24, 2.45) is 0 Å². The van der Waals surface area contributed by atoms with Crippen molar-refractivity contribution in [3.05, 3.63) is 28.2 Å². The van der Waals surface area contributed by atoms with Crippen molar-refractivity contribution in [2.45, 2.75) is 10.9 Å². The second-order valence-electron chi connectivity index (χ2n) is 3.30. The molecule has 0 unspecified atom stereocenters. The van der Waals surface area contributed by atoms with Gasteiger partial charge < -0.3 is 10.2 Å². The van der Waals surface area contributed by atoms with Crippen LogP contribution in [0, 0.1) is 0 Å². The number of carboxylic acid groups (broad SMARTS) is 1. The van der Waals surface area contributed by atoms with E-state index in [1.165, 1.54) is 6.07 Å². The van der Waals surface area contributed by atoms with Gasteiger partial charge in [-0.15, -0.1) is 0 Å². The molecule has 0 saturated heterocycles. The van der Waals surface area contributed by atoms with Gasteiger partial charge in [0.15, 0.2) is 0 Å². The molecule has 0 aliphatic rings. The topological polar surface area (TPSA) is 104 Å². The van der Waals surface area contributed by atoms with E-state index in [9.17, 15) is 13.2 Å². The lowest BCUT2D eigenvalue weighted by molar-refractivity contribution is -0.139. The normalized spacial score (nSPS) is 13.3. The van der Waals surface area contributed by atoms with Gasteiger partial charge in [-0.25, -0.2) is 8.42 Å². The van der Waals surface area contributed by atoms with Crippen LogP contribution in [-0.4, -0.2) is 37.2 Å². The fourth-order valence-electron chi connectivity index (χ4n) is 1.10. The molecule has 18 heavy (non-hydrogen) atoms. The van der Waals surface area contributed by atoms with E-state index in [-0.39, 0.29) is 14.9 Å². The van der Waals surface area contributed by atoms with Crippen molar-refractivity contribution in [1.29, 1.82) is 0 Å². The zero-order valence-corrected chi connectivity index (χ0v) is 11.1. The molecule has 0 radical (unpaired) electrons. The minimum Gasteiger partial charge on any atom is -0.480 e. The first-order valence-corrected chi connectivity index (χ1v) is 6.82. The van der Waals surface area contributed by atoms with Crippen LogP contribution in [0.3, 0.4) is 0 Å². The fourth-order valence-corrected chi connectivity index (χ4v) is 3.01. The molecule has 0 fully saturated rings. The maximum absolute atomic E-state index is 11.8. The van der Waals surface area contributed by atoms with Crippen LogP contribution in [0.4, 0.5) is 0 Å². The fraction of sp³-hybridized carbons (Fsp3) is 0.222. The summed E-state index contributed by atoms with van der Waals surface area (Å²) in [6.07, 6.45) is 0. The number of hydrogen-bond acceptors (Lipinski definition) is 4. The Hall–Kier alpha value is -0.860. The zero-order chi connectivity index (χ0) is 13.9. The first-order valence-electron chi connectivity index (χ1n) is 4.58. The molecule has 1 rings (SSSR count). The molecule has 0 aromatic heterocycles. The number of aliphatic hydroxyl groups is 1. The van der Waals surface area contributed by atoms with Crippen LogP contribution in [-0.2, 0) is 14.8 Å². The highest BCUT2D eigenvalue weighted by Gasteiger charge is 2.25. The summed E-state index contributed by atoms with van der Waals surface area (Å²) in [4.78, 5) is 10.4. The van der Waals surface area contributed by atoms with E-state index in [4.69, 9.17) is 33.4 Å². The van der Waals surface area contributed by atoms with E-state index in [1.807, 2.05) is 4.72 Å². The second kappa shape index (κ2) is 5.85. The first-order chi connectivity index (χ1) is 8.26. The third-order valence-corrected chi connectivity index (χ3v) is 3.81.